The standard InChI is InChI=1S/C15H21ClN2O3/c1-21-12-4-3-11(13(16)7-12)9-18-6-2-5-15(20,10-18)8-14(17)19/h3-4,7,20H,2,5-6,8-10H2,1H3,(H2,17,19). The van der Waals surface area contributed by atoms with Crippen LogP contribution in [0, 0.1) is 0 Å². The third-order valence-corrected chi connectivity index (χ3v) is 4.14. The first kappa shape index (κ1) is 16.1. The van der Waals surface area contributed by atoms with Gasteiger partial charge in [-0.15, -0.1) is 0 Å². The fraction of sp³-hybridized carbons (Fsp3) is 0.533. The number of hydrogen-bond donors (Lipinski definition) is 2. The van der Waals surface area contributed by atoms with Crippen LogP contribution in [0.4, 0.5) is 0 Å². The third kappa shape index (κ3) is 4.33. The van der Waals surface area contributed by atoms with Crippen molar-refractivity contribution in [1.29, 1.82) is 0 Å². The maximum atomic E-state index is 11.1. The summed E-state index contributed by atoms with van der Waals surface area (Å²) in [5.74, 6) is 0.245. The number of nitrogens with two attached hydrogens (primary N) is 1. The first-order valence-corrected chi connectivity index (χ1v) is 7.35. The van der Waals surface area contributed by atoms with E-state index in [4.69, 9.17) is 22.1 Å². The number of benzene rings is 1. The molecule has 0 spiro atoms. The number of carbonyl (C=O) groups is 1. The predicted molar refractivity (Wildman–Crippen MR) is 81.3 cm³/mol. The minimum absolute atomic E-state index is 0.000154. The zero-order valence-corrected chi connectivity index (χ0v) is 12.9. The summed E-state index contributed by atoms with van der Waals surface area (Å²) in [7, 11) is 1.60. The Balaban J connectivity index is 2.04. The van der Waals surface area contributed by atoms with Crippen LogP contribution >= 0.6 is 11.6 Å². The summed E-state index contributed by atoms with van der Waals surface area (Å²) in [6.07, 6.45) is 1.43. The largest absolute Gasteiger partial charge is 0.497 e. The molecule has 1 amide bonds. The van der Waals surface area contributed by atoms with Crippen LogP contribution in [0.5, 0.6) is 5.75 Å². The number of carbonyl (C=O) groups excluding carboxylic acids is 1. The average molecular weight is 313 g/mol. The Morgan fingerprint density at radius 3 is 2.95 bits per heavy atom. The normalized spacial score (nSPS) is 23.0. The van der Waals surface area contributed by atoms with E-state index in [9.17, 15) is 9.90 Å². The number of halogens is 1. The maximum absolute atomic E-state index is 11.1. The molecule has 1 aliphatic heterocycles. The van der Waals surface area contributed by atoms with Gasteiger partial charge in [-0.1, -0.05) is 17.7 Å². The molecule has 1 atom stereocenters. The highest BCUT2D eigenvalue weighted by atomic mass is 35.5. The zero-order valence-electron chi connectivity index (χ0n) is 12.1. The number of aliphatic hydroxyl groups is 1. The summed E-state index contributed by atoms with van der Waals surface area (Å²) in [6.45, 7) is 1.92. The van der Waals surface area contributed by atoms with Gasteiger partial charge in [-0.2, -0.15) is 0 Å². The molecule has 1 heterocycles. The number of rotatable bonds is 5. The molecular formula is C15H21ClN2O3. The second-order valence-electron chi connectivity index (χ2n) is 5.64. The molecule has 0 radical (unpaired) electrons. The number of methoxy groups -OCH3 is 1. The Morgan fingerprint density at radius 1 is 1.57 bits per heavy atom. The molecule has 0 aliphatic carbocycles. The van der Waals surface area contributed by atoms with Crippen LogP contribution in [0.25, 0.3) is 0 Å². The van der Waals surface area contributed by atoms with Crippen molar-refractivity contribution < 1.29 is 14.6 Å². The van der Waals surface area contributed by atoms with E-state index in [-0.39, 0.29) is 6.42 Å². The quantitative estimate of drug-likeness (QED) is 0.865. The molecule has 6 heteroatoms. The lowest BCUT2D eigenvalue weighted by Crippen LogP contribution is -2.49. The second kappa shape index (κ2) is 6.64. The van der Waals surface area contributed by atoms with Crippen LogP contribution in [0.1, 0.15) is 24.8 Å². The molecule has 1 aliphatic rings. The molecule has 116 valence electrons. The van der Waals surface area contributed by atoms with E-state index in [1.807, 2.05) is 12.1 Å². The van der Waals surface area contributed by atoms with Crippen LogP contribution in [0.3, 0.4) is 0 Å². The van der Waals surface area contributed by atoms with Gasteiger partial charge >= 0.3 is 0 Å². The van der Waals surface area contributed by atoms with Crippen molar-refractivity contribution in [3.63, 3.8) is 0 Å². The summed E-state index contributed by atoms with van der Waals surface area (Å²) >= 11 is 6.24. The molecule has 2 rings (SSSR count). The van der Waals surface area contributed by atoms with Gasteiger partial charge in [-0.05, 0) is 37.1 Å². The lowest BCUT2D eigenvalue weighted by atomic mass is 9.89. The first-order chi connectivity index (χ1) is 9.92. The molecule has 0 bridgehead atoms. The molecule has 1 aromatic carbocycles. The van der Waals surface area contributed by atoms with E-state index >= 15 is 0 Å². The van der Waals surface area contributed by atoms with Gasteiger partial charge in [0.05, 0.1) is 19.1 Å². The highest BCUT2D eigenvalue weighted by Gasteiger charge is 2.34. The number of β-amino-alcohol motifs (C(OH)–C–C–N with tert-alkyl or cyclic N) is 1. The number of likely N-dealkylation sites (tertiary alicyclic amines) is 1. The third-order valence-electron chi connectivity index (χ3n) is 3.79. The highest BCUT2D eigenvalue weighted by molar-refractivity contribution is 6.31. The number of nitrogens with zero attached hydrogens (tertiary/aromatic N) is 1. The van der Waals surface area contributed by atoms with Crippen molar-refractivity contribution >= 4 is 17.5 Å². The van der Waals surface area contributed by atoms with Crippen LogP contribution in [-0.4, -0.2) is 41.7 Å². The van der Waals surface area contributed by atoms with Gasteiger partial charge in [0, 0.05) is 18.1 Å². The van der Waals surface area contributed by atoms with Crippen molar-refractivity contribution in [1.82, 2.24) is 4.90 Å². The van der Waals surface area contributed by atoms with E-state index in [1.54, 1.807) is 13.2 Å². The van der Waals surface area contributed by atoms with Crippen LogP contribution in [0.15, 0.2) is 18.2 Å². The molecule has 5 nitrogen and oxygen atoms in total. The monoisotopic (exact) mass is 312 g/mol. The predicted octanol–water partition coefficient (Wildman–Crippen LogP) is 1.55. The number of hydrogen-bond acceptors (Lipinski definition) is 4. The van der Waals surface area contributed by atoms with Gasteiger partial charge in [-0.25, -0.2) is 0 Å². The number of amides is 1. The highest BCUT2D eigenvalue weighted by Crippen LogP contribution is 2.28. The minimum Gasteiger partial charge on any atom is -0.497 e. The molecule has 1 aromatic rings. The Morgan fingerprint density at radius 2 is 2.33 bits per heavy atom. The van der Waals surface area contributed by atoms with Crippen molar-refractivity contribution in [3.8, 4) is 5.75 Å². The van der Waals surface area contributed by atoms with Crippen molar-refractivity contribution in [2.45, 2.75) is 31.4 Å². The van der Waals surface area contributed by atoms with Gasteiger partial charge in [0.25, 0.3) is 0 Å². The lowest BCUT2D eigenvalue weighted by Gasteiger charge is -2.38. The Labute approximate surface area is 129 Å². The smallest absolute Gasteiger partial charge is 0.220 e. The van der Waals surface area contributed by atoms with Gasteiger partial charge in [0.15, 0.2) is 0 Å². The van der Waals surface area contributed by atoms with Crippen molar-refractivity contribution in [2.75, 3.05) is 20.2 Å². The Bertz CT molecular complexity index is 524. The van der Waals surface area contributed by atoms with Crippen molar-refractivity contribution in [2.24, 2.45) is 5.73 Å². The van der Waals surface area contributed by atoms with Gasteiger partial charge < -0.3 is 15.6 Å². The Hall–Kier alpha value is -1.30. The molecule has 1 unspecified atom stereocenters. The number of ether oxygens (including phenoxy) is 1. The summed E-state index contributed by atoms with van der Waals surface area (Å²) < 4.78 is 5.13. The topological polar surface area (TPSA) is 75.8 Å². The summed E-state index contributed by atoms with van der Waals surface area (Å²) in [5.41, 5.74) is 5.16. The van der Waals surface area contributed by atoms with Gasteiger partial charge in [0.2, 0.25) is 5.91 Å². The minimum atomic E-state index is -1.02. The summed E-state index contributed by atoms with van der Waals surface area (Å²) in [5, 5.41) is 11.1. The number of primary amides is 1. The van der Waals surface area contributed by atoms with Gasteiger partial charge in [0.1, 0.15) is 5.75 Å². The van der Waals surface area contributed by atoms with Gasteiger partial charge in [-0.3, -0.25) is 9.69 Å². The van der Waals surface area contributed by atoms with E-state index in [0.717, 1.165) is 18.5 Å². The van der Waals surface area contributed by atoms with E-state index < -0.39 is 11.5 Å². The molecule has 1 saturated heterocycles. The SMILES string of the molecule is COc1ccc(CN2CCCC(O)(CC(N)=O)C2)c(Cl)c1. The zero-order chi connectivity index (χ0) is 15.5. The average Bonchev–Trinajstić information content (AvgIpc) is 2.39. The molecule has 0 aromatic heterocycles. The molecule has 3 N–H and O–H groups in total. The molecule has 21 heavy (non-hydrogen) atoms. The van der Waals surface area contributed by atoms with Crippen molar-refractivity contribution in [3.05, 3.63) is 28.8 Å². The van der Waals surface area contributed by atoms with E-state index in [0.29, 0.717) is 30.3 Å². The second-order valence-corrected chi connectivity index (χ2v) is 6.05. The fourth-order valence-electron chi connectivity index (χ4n) is 2.83. The maximum Gasteiger partial charge on any atom is 0.220 e. The van der Waals surface area contributed by atoms with E-state index in [2.05, 4.69) is 4.90 Å². The van der Waals surface area contributed by atoms with Crippen LogP contribution in [-0.2, 0) is 11.3 Å². The summed E-state index contributed by atoms with van der Waals surface area (Å²) in [4.78, 5) is 13.2. The molecular weight excluding hydrogens is 292 g/mol. The van der Waals surface area contributed by atoms with Crippen LogP contribution < -0.4 is 10.5 Å². The first-order valence-electron chi connectivity index (χ1n) is 6.97. The number of piperidine rings is 1. The Kier molecular flexibility index (Phi) is 5.08. The lowest BCUT2D eigenvalue weighted by molar-refractivity contribution is -0.125. The summed E-state index contributed by atoms with van der Waals surface area (Å²) in [6, 6.07) is 5.56. The fourth-order valence-corrected chi connectivity index (χ4v) is 3.06. The van der Waals surface area contributed by atoms with E-state index in [1.165, 1.54) is 0 Å². The molecule has 1 fully saturated rings. The van der Waals surface area contributed by atoms with Crippen LogP contribution in [0.2, 0.25) is 5.02 Å². The molecule has 0 saturated carbocycles.